The molecule has 18 heavy (non-hydrogen) atoms. The molecule has 0 saturated heterocycles. The first kappa shape index (κ1) is 16.9. The van der Waals surface area contributed by atoms with Crippen LogP contribution in [0.15, 0.2) is 30.3 Å². The maximum absolute atomic E-state index is 11.9. The average Bonchev–Trinajstić information content (AvgIpc) is 2.35. The van der Waals surface area contributed by atoms with Crippen molar-refractivity contribution >= 4 is 18.3 Å². The van der Waals surface area contributed by atoms with Gasteiger partial charge in [0.25, 0.3) is 0 Å². The summed E-state index contributed by atoms with van der Waals surface area (Å²) in [5, 5.41) is 3.06. The smallest absolute Gasteiger partial charge is 0.224 e. The quantitative estimate of drug-likeness (QED) is 0.864. The van der Waals surface area contributed by atoms with E-state index in [9.17, 15) is 4.79 Å². The summed E-state index contributed by atoms with van der Waals surface area (Å²) < 4.78 is 0. The topological polar surface area (TPSA) is 55.1 Å². The second-order valence-corrected chi connectivity index (χ2v) is 4.78. The summed E-state index contributed by atoms with van der Waals surface area (Å²) in [6.45, 7) is 6.43. The Bertz CT molecular complexity index is 354. The Hall–Kier alpha value is -1.06. The molecule has 0 aliphatic heterocycles. The number of amides is 1. The van der Waals surface area contributed by atoms with Crippen molar-refractivity contribution in [3.05, 3.63) is 35.9 Å². The fourth-order valence-electron chi connectivity index (χ4n) is 1.70. The van der Waals surface area contributed by atoms with Crippen LogP contribution in [0.3, 0.4) is 0 Å². The summed E-state index contributed by atoms with van der Waals surface area (Å²) >= 11 is 0. The van der Waals surface area contributed by atoms with Gasteiger partial charge >= 0.3 is 0 Å². The lowest BCUT2D eigenvalue weighted by atomic mass is 9.95. The zero-order valence-electron chi connectivity index (χ0n) is 11.2. The van der Waals surface area contributed by atoms with E-state index >= 15 is 0 Å². The molecule has 2 unspecified atom stereocenters. The van der Waals surface area contributed by atoms with Gasteiger partial charge in [-0.3, -0.25) is 4.79 Å². The van der Waals surface area contributed by atoms with Crippen molar-refractivity contribution in [2.45, 2.75) is 26.8 Å². The molecular weight excluding hydrogens is 248 g/mol. The first-order valence-corrected chi connectivity index (χ1v) is 6.11. The van der Waals surface area contributed by atoms with E-state index in [0.29, 0.717) is 12.5 Å². The highest BCUT2D eigenvalue weighted by molar-refractivity contribution is 5.85. The molecule has 0 saturated carbocycles. The SMILES string of the molecule is CC(CN)C(=O)NC(c1ccccc1)C(C)C.Cl. The van der Waals surface area contributed by atoms with Crippen LogP contribution in [0.4, 0.5) is 0 Å². The van der Waals surface area contributed by atoms with Crippen molar-refractivity contribution in [2.24, 2.45) is 17.6 Å². The summed E-state index contributed by atoms with van der Waals surface area (Å²) in [6.07, 6.45) is 0. The average molecular weight is 271 g/mol. The van der Waals surface area contributed by atoms with Crippen molar-refractivity contribution in [1.29, 1.82) is 0 Å². The molecule has 0 heterocycles. The van der Waals surface area contributed by atoms with Crippen LogP contribution in [0.2, 0.25) is 0 Å². The van der Waals surface area contributed by atoms with Gasteiger partial charge in [-0.25, -0.2) is 0 Å². The summed E-state index contributed by atoms with van der Waals surface area (Å²) in [4.78, 5) is 11.9. The Morgan fingerprint density at radius 1 is 1.22 bits per heavy atom. The molecule has 0 aliphatic carbocycles. The molecule has 0 radical (unpaired) electrons. The summed E-state index contributed by atoms with van der Waals surface area (Å²) in [5.41, 5.74) is 6.64. The van der Waals surface area contributed by atoms with E-state index in [1.807, 2.05) is 37.3 Å². The van der Waals surface area contributed by atoms with Crippen molar-refractivity contribution in [3.8, 4) is 0 Å². The lowest BCUT2D eigenvalue weighted by Crippen LogP contribution is -2.37. The lowest BCUT2D eigenvalue weighted by molar-refractivity contribution is -0.125. The Morgan fingerprint density at radius 3 is 2.22 bits per heavy atom. The van der Waals surface area contributed by atoms with Crippen LogP contribution in [-0.4, -0.2) is 12.5 Å². The highest BCUT2D eigenvalue weighted by Gasteiger charge is 2.20. The summed E-state index contributed by atoms with van der Waals surface area (Å²) in [7, 11) is 0. The highest BCUT2D eigenvalue weighted by Crippen LogP contribution is 2.21. The molecule has 3 N–H and O–H groups in total. The molecule has 2 atom stereocenters. The third-order valence-corrected chi connectivity index (χ3v) is 2.92. The van der Waals surface area contributed by atoms with Crippen molar-refractivity contribution in [1.82, 2.24) is 5.32 Å². The lowest BCUT2D eigenvalue weighted by Gasteiger charge is -2.24. The monoisotopic (exact) mass is 270 g/mol. The number of rotatable bonds is 5. The van der Waals surface area contributed by atoms with Crippen LogP contribution < -0.4 is 11.1 Å². The van der Waals surface area contributed by atoms with Gasteiger partial charge in [0, 0.05) is 12.5 Å². The largest absolute Gasteiger partial charge is 0.349 e. The minimum Gasteiger partial charge on any atom is -0.349 e. The maximum atomic E-state index is 11.9. The van der Waals surface area contributed by atoms with Gasteiger partial charge in [0.15, 0.2) is 0 Å². The minimum atomic E-state index is -0.139. The first-order chi connectivity index (χ1) is 8.06. The fraction of sp³-hybridized carbons (Fsp3) is 0.500. The van der Waals surface area contributed by atoms with Gasteiger partial charge in [-0.05, 0) is 11.5 Å². The number of halogens is 1. The first-order valence-electron chi connectivity index (χ1n) is 6.11. The summed E-state index contributed by atoms with van der Waals surface area (Å²) in [5.74, 6) is 0.237. The van der Waals surface area contributed by atoms with Crippen molar-refractivity contribution in [3.63, 3.8) is 0 Å². The van der Waals surface area contributed by atoms with Gasteiger partial charge in [0.05, 0.1) is 6.04 Å². The highest BCUT2D eigenvalue weighted by atomic mass is 35.5. The molecule has 1 amide bonds. The molecule has 0 spiro atoms. The molecule has 1 aromatic carbocycles. The number of nitrogens with one attached hydrogen (secondary N) is 1. The van der Waals surface area contributed by atoms with Crippen LogP contribution in [0.25, 0.3) is 0 Å². The van der Waals surface area contributed by atoms with E-state index in [1.165, 1.54) is 0 Å². The fourth-order valence-corrected chi connectivity index (χ4v) is 1.70. The zero-order valence-corrected chi connectivity index (χ0v) is 12.0. The Balaban J connectivity index is 0.00000289. The number of benzene rings is 1. The Morgan fingerprint density at radius 2 is 1.78 bits per heavy atom. The number of carbonyl (C=O) groups excluding carboxylic acids is 1. The Kier molecular flexibility index (Phi) is 7.64. The van der Waals surface area contributed by atoms with Gasteiger partial charge in [0.1, 0.15) is 0 Å². The standard InChI is InChI=1S/C14H22N2O.ClH/c1-10(2)13(12-7-5-4-6-8-12)16-14(17)11(3)9-15;/h4-8,10-11,13H,9,15H2,1-3H3,(H,16,17);1H. The maximum Gasteiger partial charge on any atom is 0.224 e. The van der Waals surface area contributed by atoms with Gasteiger partial charge in [-0.2, -0.15) is 0 Å². The van der Waals surface area contributed by atoms with Crippen LogP contribution in [0.1, 0.15) is 32.4 Å². The molecule has 0 fully saturated rings. The zero-order chi connectivity index (χ0) is 12.8. The molecule has 0 bridgehead atoms. The van der Waals surface area contributed by atoms with Crippen LogP contribution in [0.5, 0.6) is 0 Å². The normalized spacial score (nSPS) is 13.6. The predicted molar refractivity (Wildman–Crippen MR) is 77.6 cm³/mol. The van der Waals surface area contributed by atoms with Gasteiger partial charge in [0.2, 0.25) is 5.91 Å². The van der Waals surface area contributed by atoms with Crippen molar-refractivity contribution < 1.29 is 4.79 Å². The van der Waals surface area contributed by atoms with E-state index in [0.717, 1.165) is 5.56 Å². The van der Waals surface area contributed by atoms with E-state index in [4.69, 9.17) is 5.73 Å². The van der Waals surface area contributed by atoms with Gasteiger partial charge in [-0.15, -0.1) is 12.4 Å². The van der Waals surface area contributed by atoms with E-state index in [2.05, 4.69) is 19.2 Å². The second kappa shape index (κ2) is 8.11. The Labute approximate surface area is 116 Å². The summed E-state index contributed by atoms with van der Waals surface area (Å²) in [6, 6.07) is 10.1. The molecule has 1 aromatic rings. The predicted octanol–water partition coefficient (Wildman–Crippen LogP) is 2.52. The van der Waals surface area contributed by atoms with E-state index in [-0.39, 0.29) is 30.3 Å². The molecule has 4 heteroatoms. The second-order valence-electron chi connectivity index (χ2n) is 4.78. The third kappa shape index (κ3) is 4.67. The van der Waals surface area contributed by atoms with E-state index in [1.54, 1.807) is 0 Å². The van der Waals surface area contributed by atoms with Gasteiger partial charge < -0.3 is 11.1 Å². The van der Waals surface area contributed by atoms with E-state index < -0.39 is 0 Å². The van der Waals surface area contributed by atoms with Gasteiger partial charge in [-0.1, -0.05) is 51.1 Å². The number of nitrogens with two attached hydrogens (primary N) is 1. The molecular formula is C14H23ClN2O. The molecule has 0 aromatic heterocycles. The van der Waals surface area contributed by atoms with Crippen molar-refractivity contribution in [2.75, 3.05) is 6.54 Å². The molecule has 1 rings (SSSR count). The number of carbonyl (C=O) groups is 1. The molecule has 102 valence electrons. The van der Waals surface area contributed by atoms with Crippen LogP contribution >= 0.6 is 12.4 Å². The minimum absolute atomic E-state index is 0. The number of hydrogen-bond donors (Lipinski definition) is 2. The van der Waals surface area contributed by atoms with Crippen LogP contribution in [-0.2, 0) is 4.79 Å². The molecule has 3 nitrogen and oxygen atoms in total. The third-order valence-electron chi connectivity index (χ3n) is 2.92. The number of hydrogen-bond acceptors (Lipinski definition) is 2. The molecule has 0 aliphatic rings. The van der Waals surface area contributed by atoms with Crippen LogP contribution in [0, 0.1) is 11.8 Å².